The third-order valence-electron chi connectivity index (χ3n) is 4.69. The highest BCUT2D eigenvalue weighted by Gasteiger charge is 2.35. The lowest BCUT2D eigenvalue weighted by atomic mass is 9.78. The SMILES string of the molecule is CCOC(=O)C(CN1CCC[C@H]2CCCC[C@H]21)NC. The lowest BCUT2D eigenvalue weighted by Gasteiger charge is -2.45. The van der Waals surface area contributed by atoms with Gasteiger partial charge in [-0.2, -0.15) is 0 Å². The largest absolute Gasteiger partial charge is 0.465 e. The molecule has 1 saturated carbocycles. The molecule has 3 atom stereocenters. The Morgan fingerprint density at radius 3 is 2.79 bits per heavy atom. The molecule has 1 saturated heterocycles. The third-order valence-corrected chi connectivity index (χ3v) is 4.69. The standard InChI is InChI=1S/C15H28N2O2/c1-3-19-15(18)13(16-2)11-17-10-6-8-12-7-4-5-9-14(12)17/h12-14,16H,3-11H2,1-2H3/t12-,13?,14-/m1/s1. The van der Waals surface area contributed by atoms with E-state index in [1.807, 2.05) is 14.0 Å². The molecule has 19 heavy (non-hydrogen) atoms. The fraction of sp³-hybridized carbons (Fsp3) is 0.933. The number of nitrogens with one attached hydrogen (secondary N) is 1. The van der Waals surface area contributed by atoms with E-state index in [9.17, 15) is 4.79 Å². The number of fused-ring (bicyclic) bond motifs is 1. The lowest BCUT2D eigenvalue weighted by Crippen LogP contribution is -2.53. The van der Waals surface area contributed by atoms with Gasteiger partial charge in [0.1, 0.15) is 6.04 Å². The van der Waals surface area contributed by atoms with Crippen molar-refractivity contribution in [2.24, 2.45) is 5.92 Å². The van der Waals surface area contributed by atoms with Gasteiger partial charge in [-0.15, -0.1) is 0 Å². The summed E-state index contributed by atoms with van der Waals surface area (Å²) >= 11 is 0. The molecule has 0 amide bonds. The van der Waals surface area contributed by atoms with Crippen LogP contribution in [0.1, 0.15) is 45.4 Å². The first-order valence-corrected chi connectivity index (χ1v) is 7.84. The Hall–Kier alpha value is -0.610. The average molecular weight is 268 g/mol. The van der Waals surface area contributed by atoms with Crippen molar-refractivity contribution < 1.29 is 9.53 Å². The number of piperidine rings is 1. The molecule has 0 radical (unpaired) electrons. The molecule has 1 N–H and O–H groups in total. The summed E-state index contributed by atoms with van der Waals surface area (Å²) in [5.41, 5.74) is 0. The molecule has 4 heteroatoms. The lowest BCUT2D eigenvalue weighted by molar-refractivity contribution is -0.146. The highest BCUT2D eigenvalue weighted by Crippen LogP contribution is 2.35. The number of hydrogen-bond donors (Lipinski definition) is 1. The zero-order valence-corrected chi connectivity index (χ0v) is 12.4. The van der Waals surface area contributed by atoms with Crippen LogP contribution >= 0.6 is 0 Å². The zero-order valence-electron chi connectivity index (χ0n) is 12.4. The first-order valence-electron chi connectivity index (χ1n) is 7.84. The van der Waals surface area contributed by atoms with E-state index < -0.39 is 0 Å². The fourth-order valence-electron chi connectivity index (χ4n) is 3.72. The van der Waals surface area contributed by atoms with Gasteiger partial charge in [-0.05, 0) is 52.1 Å². The molecule has 2 rings (SSSR count). The number of hydrogen-bond acceptors (Lipinski definition) is 4. The van der Waals surface area contributed by atoms with Crippen LogP contribution in [-0.4, -0.2) is 49.7 Å². The molecule has 110 valence electrons. The zero-order chi connectivity index (χ0) is 13.7. The molecule has 0 aromatic rings. The molecule has 2 fully saturated rings. The van der Waals surface area contributed by atoms with Gasteiger partial charge in [0.25, 0.3) is 0 Å². The van der Waals surface area contributed by atoms with Gasteiger partial charge in [-0.3, -0.25) is 9.69 Å². The van der Waals surface area contributed by atoms with E-state index >= 15 is 0 Å². The summed E-state index contributed by atoms with van der Waals surface area (Å²) in [4.78, 5) is 14.4. The predicted molar refractivity (Wildman–Crippen MR) is 76.0 cm³/mol. The van der Waals surface area contributed by atoms with E-state index in [1.54, 1.807) is 0 Å². The van der Waals surface area contributed by atoms with Crippen LogP contribution in [0.15, 0.2) is 0 Å². The normalized spacial score (nSPS) is 29.6. The smallest absolute Gasteiger partial charge is 0.324 e. The van der Waals surface area contributed by atoms with Crippen LogP contribution in [0.3, 0.4) is 0 Å². The summed E-state index contributed by atoms with van der Waals surface area (Å²) in [6.45, 7) is 4.26. The van der Waals surface area contributed by atoms with E-state index in [-0.39, 0.29) is 12.0 Å². The Morgan fingerprint density at radius 2 is 2.05 bits per heavy atom. The minimum atomic E-state index is -0.180. The predicted octanol–water partition coefficient (Wildman–Crippen LogP) is 1.79. The van der Waals surface area contributed by atoms with Crippen molar-refractivity contribution in [3.8, 4) is 0 Å². The number of ether oxygens (including phenoxy) is 1. The number of carbonyl (C=O) groups excluding carboxylic acids is 1. The Balaban J connectivity index is 1.93. The first-order chi connectivity index (χ1) is 9.26. The van der Waals surface area contributed by atoms with Gasteiger partial charge in [0.05, 0.1) is 6.61 Å². The van der Waals surface area contributed by atoms with Crippen molar-refractivity contribution in [3.05, 3.63) is 0 Å². The molecule has 0 aromatic carbocycles. The first kappa shape index (κ1) is 14.8. The van der Waals surface area contributed by atoms with Crippen LogP contribution in [0.4, 0.5) is 0 Å². The number of esters is 1. The Bertz CT molecular complexity index is 294. The number of nitrogens with zero attached hydrogens (tertiary/aromatic N) is 1. The highest BCUT2D eigenvalue weighted by molar-refractivity contribution is 5.76. The second-order valence-corrected chi connectivity index (χ2v) is 5.84. The molecule has 2 aliphatic rings. The topological polar surface area (TPSA) is 41.6 Å². The Kier molecular flexibility index (Phi) is 5.64. The maximum Gasteiger partial charge on any atom is 0.324 e. The molecular formula is C15H28N2O2. The van der Waals surface area contributed by atoms with E-state index in [0.717, 1.165) is 19.0 Å². The molecule has 0 bridgehead atoms. The van der Waals surface area contributed by atoms with Gasteiger partial charge in [-0.1, -0.05) is 12.8 Å². The van der Waals surface area contributed by atoms with Crippen LogP contribution < -0.4 is 5.32 Å². The molecule has 1 aliphatic heterocycles. The maximum absolute atomic E-state index is 11.9. The number of likely N-dealkylation sites (N-methyl/N-ethyl adjacent to an activating group) is 1. The van der Waals surface area contributed by atoms with Crippen molar-refractivity contribution in [3.63, 3.8) is 0 Å². The number of carbonyl (C=O) groups is 1. The van der Waals surface area contributed by atoms with Gasteiger partial charge < -0.3 is 10.1 Å². The molecule has 1 unspecified atom stereocenters. The minimum Gasteiger partial charge on any atom is -0.465 e. The number of likely N-dealkylation sites (tertiary alicyclic amines) is 1. The van der Waals surface area contributed by atoms with E-state index in [1.165, 1.54) is 38.5 Å². The van der Waals surface area contributed by atoms with Gasteiger partial charge in [-0.25, -0.2) is 0 Å². The fourth-order valence-corrected chi connectivity index (χ4v) is 3.72. The van der Waals surface area contributed by atoms with Crippen molar-refractivity contribution in [2.45, 2.75) is 57.5 Å². The molecule has 0 spiro atoms. The molecule has 1 aliphatic carbocycles. The summed E-state index contributed by atoms with van der Waals surface area (Å²) in [6, 6.07) is 0.522. The minimum absolute atomic E-state index is 0.108. The summed E-state index contributed by atoms with van der Waals surface area (Å²) in [5, 5.41) is 3.11. The van der Waals surface area contributed by atoms with Crippen molar-refractivity contribution in [1.29, 1.82) is 0 Å². The number of rotatable bonds is 5. The Morgan fingerprint density at radius 1 is 1.32 bits per heavy atom. The van der Waals surface area contributed by atoms with E-state index in [4.69, 9.17) is 4.74 Å². The molecular weight excluding hydrogens is 240 g/mol. The maximum atomic E-state index is 11.9. The molecule has 1 heterocycles. The van der Waals surface area contributed by atoms with Crippen LogP contribution in [0.5, 0.6) is 0 Å². The van der Waals surface area contributed by atoms with Crippen LogP contribution in [0.25, 0.3) is 0 Å². The summed E-state index contributed by atoms with van der Waals surface area (Å²) in [7, 11) is 1.85. The summed E-state index contributed by atoms with van der Waals surface area (Å²) < 4.78 is 5.14. The average Bonchev–Trinajstić information content (AvgIpc) is 2.45. The monoisotopic (exact) mass is 268 g/mol. The van der Waals surface area contributed by atoms with E-state index in [0.29, 0.717) is 12.6 Å². The van der Waals surface area contributed by atoms with Gasteiger partial charge >= 0.3 is 5.97 Å². The summed E-state index contributed by atoms with van der Waals surface area (Å²) in [5.74, 6) is 0.755. The van der Waals surface area contributed by atoms with Crippen molar-refractivity contribution in [2.75, 3.05) is 26.7 Å². The van der Waals surface area contributed by atoms with Crippen molar-refractivity contribution in [1.82, 2.24) is 10.2 Å². The van der Waals surface area contributed by atoms with Crippen LogP contribution in [0, 0.1) is 5.92 Å². The second-order valence-electron chi connectivity index (χ2n) is 5.84. The van der Waals surface area contributed by atoms with Crippen LogP contribution in [0.2, 0.25) is 0 Å². The molecule has 4 nitrogen and oxygen atoms in total. The van der Waals surface area contributed by atoms with Gasteiger partial charge in [0, 0.05) is 12.6 Å². The molecule has 0 aromatic heterocycles. The van der Waals surface area contributed by atoms with Gasteiger partial charge in [0.2, 0.25) is 0 Å². The van der Waals surface area contributed by atoms with Gasteiger partial charge in [0.15, 0.2) is 0 Å². The highest BCUT2D eigenvalue weighted by atomic mass is 16.5. The van der Waals surface area contributed by atoms with E-state index in [2.05, 4.69) is 10.2 Å². The van der Waals surface area contributed by atoms with Crippen LogP contribution in [-0.2, 0) is 9.53 Å². The summed E-state index contributed by atoms with van der Waals surface area (Å²) in [6.07, 6.45) is 8.09. The quantitative estimate of drug-likeness (QED) is 0.772. The third kappa shape index (κ3) is 3.69. The Labute approximate surface area is 116 Å². The van der Waals surface area contributed by atoms with Crippen molar-refractivity contribution >= 4 is 5.97 Å². The second kappa shape index (κ2) is 7.25.